The Morgan fingerprint density at radius 1 is 1.20 bits per heavy atom. The van der Waals surface area contributed by atoms with Crippen molar-refractivity contribution in [3.8, 4) is 5.75 Å². The van der Waals surface area contributed by atoms with Gasteiger partial charge in [0, 0.05) is 18.2 Å². The number of methoxy groups -OCH3 is 1. The summed E-state index contributed by atoms with van der Waals surface area (Å²) in [5.74, 6) is 2.39. The molecule has 2 aliphatic heterocycles. The van der Waals surface area contributed by atoms with Crippen LogP contribution in [0, 0.1) is 0 Å². The number of carbonyl (C=O) groups excluding carboxylic acids is 1. The summed E-state index contributed by atoms with van der Waals surface area (Å²) < 4.78 is 5.88. The van der Waals surface area contributed by atoms with E-state index < -0.39 is 0 Å². The lowest BCUT2D eigenvalue weighted by atomic mass is 10.1. The maximum atomic E-state index is 12.1. The monoisotopic (exact) mass is 450 g/mol. The smallest absolute Gasteiger partial charge is 0.219 e. The van der Waals surface area contributed by atoms with Crippen LogP contribution in [0.15, 0.2) is 24.3 Å². The number of nitrogens with one attached hydrogen (secondary N) is 1. The molecule has 0 radical (unpaired) electrons. The van der Waals surface area contributed by atoms with E-state index in [9.17, 15) is 4.79 Å². The molecule has 2 unspecified atom stereocenters. The minimum Gasteiger partial charge on any atom is -0.497 e. The highest BCUT2D eigenvalue weighted by molar-refractivity contribution is 8.17. The van der Waals surface area contributed by atoms with E-state index in [1.807, 2.05) is 17.8 Å². The summed E-state index contributed by atoms with van der Waals surface area (Å²) in [7, 11) is 1.73. The van der Waals surface area contributed by atoms with E-state index in [0.717, 1.165) is 38.1 Å². The molecule has 1 amide bonds. The van der Waals surface area contributed by atoms with Crippen LogP contribution < -0.4 is 10.1 Å². The lowest BCUT2D eigenvalue weighted by molar-refractivity contribution is -0.121. The fourth-order valence-corrected chi connectivity index (χ4v) is 7.63. The zero-order valence-corrected chi connectivity index (χ0v) is 20.1. The zero-order chi connectivity index (χ0) is 21.0. The van der Waals surface area contributed by atoms with Crippen molar-refractivity contribution in [2.24, 2.45) is 0 Å². The van der Waals surface area contributed by atoms with Crippen LogP contribution in [0.1, 0.15) is 67.9 Å². The molecule has 3 rings (SSSR count). The summed E-state index contributed by atoms with van der Waals surface area (Å²) in [6, 6.07) is 8.48. The molecular formula is C24H38N2O2S2. The molecule has 4 nitrogen and oxygen atoms in total. The van der Waals surface area contributed by atoms with Gasteiger partial charge in [0.25, 0.3) is 0 Å². The summed E-state index contributed by atoms with van der Waals surface area (Å²) in [6.45, 7) is 4.44. The van der Waals surface area contributed by atoms with Gasteiger partial charge in [0.05, 0.1) is 11.7 Å². The Labute approximate surface area is 191 Å². The lowest BCUT2D eigenvalue weighted by Crippen LogP contribution is -2.33. The number of ether oxygens (including phenoxy) is 1. The van der Waals surface area contributed by atoms with Crippen LogP contribution in [0.5, 0.6) is 5.75 Å². The molecule has 1 aromatic carbocycles. The van der Waals surface area contributed by atoms with E-state index in [2.05, 4.69) is 40.2 Å². The van der Waals surface area contributed by atoms with Gasteiger partial charge < -0.3 is 15.0 Å². The van der Waals surface area contributed by atoms with Crippen molar-refractivity contribution < 1.29 is 9.53 Å². The number of rotatable bonds is 11. The van der Waals surface area contributed by atoms with Crippen molar-refractivity contribution in [1.29, 1.82) is 0 Å². The molecule has 0 aromatic heterocycles. The van der Waals surface area contributed by atoms with E-state index in [-0.39, 0.29) is 5.91 Å². The van der Waals surface area contributed by atoms with Crippen LogP contribution in [-0.4, -0.2) is 55.1 Å². The number of unbranched alkanes of at least 4 members (excludes halogenated alkanes) is 1. The summed E-state index contributed by atoms with van der Waals surface area (Å²) >= 11 is 4.14. The van der Waals surface area contributed by atoms with E-state index in [4.69, 9.17) is 4.74 Å². The van der Waals surface area contributed by atoms with E-state index in [0.29, 0.717) is 16.3 Å². The highest BCUT2D eigenvalue weighted by atomic mass is 32.2. The van der Waals surface area contributed by atoms with Gasteiger partial charge in [0.1, 0.15) is 5.75 Å². The first-order chi connectivity index (χ1) is 14.7. The van der Waals surface area contributed by atoms with Crippen LogP contribution in [0.4, 0.5) is 0 Å². The van der Waals surface area contributed by atoms with Crippen LogP contribution in [-0.2, 0) is 4.79 Å². The SMILES string of the molecule is COc1cccc(C2SCCC(CCCCC(=O)NCCCN3CCCCC3)S2)c1. The second-order valence-corrected chi connectivity index (χ2v) is 11.3. The van der Waals surface area contributed by atoms with Gasteiger partial charge in [0.15, 0.2) is 0 Å². The third kappa shape index (κ3) is 8.35. The van der Waals surface area contributed by atoms with Gasteiger partial charge in [-0.1, -0.05) is 25.0 Å². The van der Waals surface area contributed by atoms with Gasteiger partial charge in [-0.2, -0.15) is 0 Å². The van der Waals surface area contributed by atoms with Crippen LogP contribution >= 0.6 is 23.5 Å². The number of benzene rings is 1. The third-order valence-corrected chi connectivity index (χ3v) is 9.16. The lowest BCUT2D eigenvalue weighted by Gasteiger charge is -2.29. The maximum Gasteiger partial charge on any atom is 0.219 e. The van der Waals surface area contributed by atoms with Gasteiger partial charge in [-0.05, 0) is 81.6 Å². The minimum absolute atomic E-state index is 0.231. The minimum atomic E-state index is 0.231. The van der Waals surface area contributed by atoms with Crippen molar-refractivity contribution in [3.63, 3.8) is 0 Å². The van der Waals surface area contributed by atoms with Crippen molar-refractivity contribution in [2.45, 2.75) is 67.6 Å². The second-order valence-electron chi connectivity index (χ2n) is 8.38. The molecule has 0 spiro atoms. The Bertz CT molecular complexity index is 637. The Balaban J connectivity index is 1.25. The molecular weight excluding hydrogens is 412 g/mol. The molecule has 2 fully saturated rings. The number of likely N-dealkylation sites (tertiary alicyclic amines) is 1. The first-order valence-electron chi connectivity index (χ1n) is 11.6. The van der Waals surface area contributed by atoms with Gasteiger partial charge in [-0.15, -0.1) is 23.5 Å². The Hall–Kier alpha value is -0.850. The largest absolute Gasteiger partial charge is 0.497 e. The Morgan fingerprint density at radius 3 is 2.90 bits per heavy atom. The van der Waals surface area contributed by atoms with Crippen LogP contribution in [0.25, 0.3) is 0 Å². The van der Waals surface area contributed by atoms with Gasteiger partial charge in [0.2, 0.25) is 5.91 Å². The Morgan fingerprint density at radius 2 is 2.07 bits per heavy atom. The number of hydrogen-bond donors (Lipinski definition) is 1. The standard InChI is InChI=1S/C24H38N2O2S2/c1-28-21-10-7-9-20(19-21)24-29-18-13-22(30-24)11-3-4-12-23(27)25-14-8-17-26-15-5-2-6-16-26/h7,9-10,19,22,24H,2-6,8,11-18H2,1H3,(H,25,27). The predicted molar refractivity (Wildman–Crippen MR) is 131 cm³/mol. The summed E-state index contributed by atoms with van der Waals surface area (Å²) in [6.07, 6.45) is 10.5. The first kappa shape index (κ1) is 23.8. The zero-order valence-electron chi connectivity index (χ0n) is 18.4. The van der Waals surface area contributed by atoms with Crippen molar-refractivity contribution in [3.05, 3.63) is 29.8 Å². The van der Waals surface area contributed by atoms with Crippen molar-refractivity contribution >= 4 is 29.4 Å². The summed E-state index contributed by atoms with van der Waals surface area (Å²) in [5.41, 5.74) is 1.36. The number of hydrogen-bond acceptors (Lipinski definition) is 5. The average Bonchev–Trinajstić information content (AvgIpc) is 2.80. The summed E-state index contributed by atoms with van der Waals surface area (Å²) in [5, 5.41) is 3.82. The highest BCUT2D eigenvalue weighted by Gasteiger charge is 2.24. The molecule has 168 valence electrons. The number of amides is 1. The van der Waals surface area contributed by atoms with E-state index >= 15 is 0 Å². The fraction of sp³-hybridized carbons (Fsp3) is 0.708. The molecule has 0 bridgehead atoms. The van der Waals surface area contributed by atoms with E-state index in [1.165, 1.54) is 56.5 Å². The van der Waals surface area contributed by atoms with Gasteiger partial charge in [-0.3, -0.25) is 4.79 Å². The maximum absolute atomic E-state index is 12.1. The Kier molecular flexibility index (Phi) is 10.7. The summed E-state index contributed by atoms with van der Waals surface area (Å²) in [4.78, 5) is 14.6. The molecule has 1 N–H and O–H groups in total. The fourth-order valence-electron chi connectivity index (χ4n) is 4.22. The molecule has 0 aliphatic carbocycles. The first-order valence-corrected chi connectivity index (χ1v) is 13.6. The van der Waals surface area contributed by atoms with Gasteiger partial charge >= 0.3 is 0 Å². The van der Waals surface area contributed by atoms with Crippen molar-refractivity contribution in [2.75, 3.05) is 39.0 Å². The number of nitrogens with zero attached hydrogens (tertiary/aromatic N) is 1. The quantitative estimate of drug-likeness (QED) is 0.452. The number of carbonyl (C=O) groups is 1. The molecule has 2 heterocycles. The third-order valence-electron chi connectivity index (χ3n) is 5.99. The highest BCUT2D eigenvalue weighted by Crippen LogP contribution is 2.48. The molecule has 1 aromatic rings. The molecule has 0 saturated carbocycles. The van der Waals surface area contributed by atoms with Crippen LogP contribution in [0.2, 0.25) is 0 Å². The van der Waals surface area contributed by atoms with Crippen molar-refractivity contribution in [1.82, 2.24) is 10.2 Å². The van der Waals surface area contributed by atoms with Crippen LogP contribution in [0.3, 0.4) is 0 Å². The number of thioether (sulfide) groups is 2. The van der Waals surface area contributed by atoms with Gasteiger partial charge in [-0.25, -0.2) is 0 Å². The van der Waals surface area contributed by atoms with E-state index in [1.54, 1.807) is 7.11 Å². The molecule has 2 aliphatic rings. The molecule has 30 heavy (non-hydrogen) atoms. The average molecular weight is 451 g/mol. The topological polar surface area (TPSA) is 41.6 Å². The molecule has 6 heteroatoms. The predicted octanol–water partition coefficient (Wildman–Crippen LogP) is 5.49. The second kappa shape index (κ2) is 13.5. The normalized spacial score (nSPS) is 22.6. The molecule has 2 saturated heterocycles. The molecule has 2 atom stereocenters. The number of piperidine rings is 1.